The van der Waals surface area contributed by atoms with E-state index >= 15 is 0 Å². The Morgan fingerprint density at radius 3 is 2.90 bits per heavy atom. The Bertz CT molecular complexity index is 864. The van der Waals surface area contributed by atoms with Crippen LogP contribution in [0.3, 0.4) is 0 Å². The van der Waals surface area contributed by atoms with Crippen LogP contribution < -0.4 is 21.3 Å². The topological polar surface area (TPSA) is 95.6 Å². The van der Waals surface area contributed by atoms with Crippen LogP contribution in [-0.4, -0.2) is 43.5 Å². The SMILES string of the molecule is CN=C(NCc1cccnc1N1CCCC(C(N)=O)C1)NCC(C)(C)c1cccs1. The van der Waals surface area contributed by atoms with E-state index in [1.807, 2.05) is 6.07 Å². The highest BCUT2D eigenvalue weighted by atomic mass is 32.1. The van der Waals surface area contributed by atoms with Gasteiger partial charge in [0.05, 0.1) is 5.92 Å². The molecule has 0 aromatic carbocycles. The molecule has 3 rings (SSSR count). The molecule has 1 saturated heterocycles. The molecule has 1 fully saturated rings. The number of hydrogen-bond donors (Lipinski definition) is 3. The average Bonchev–Trinajstić information content (AvgIpc) is 3.30. The molecule has 4 N–H and O–H groups in total. The van der Waals surface area contributed by atoms with Crippen molar-refractivity contribution < 1.29 is 4.79 Å². The summed E-state index contributed by atoms with van der Waals surface area (Å²) in [5, 5.41) is 8.95. The zero-order valence-corrected chi connectivity index (χ0v) is 18.8. The fraction of sp³-hybridized carbons (Fsp3) is 0.500. The first kappa shape index (κ1) is 22.1. The molecule has 1 atom stereocenters. The lowest BCUT2D eigenvalue weighted by molar-refractivity contribution is -0.122. The van der Waals surface area contributed by atoms with Gasteiger partial charge in [-0.1, -0.05) is 26.0 Å². The molecule has 30 heavy (non-hydrogen) atoms. The molecule has 1 aliphatic rings. The molecule has 0 radical (unpaired) electrons. The summed E-state index contributed by atoms with van der Waals surface area (Å²) in [6.07, 6.45) is 3.59. The van der Waals surface area contributed by atoms with Gasteiger partial charge in [-0.3, -0.25) is 9.79 Å². The summed E-state index contributed by atoms with van der Waals surface area (Å²) in [7, 11) is 1.78. The average molecular weight is 429 g/mol. The quantitative estimate of drug-likeness (QED) is 0.465. The number of thiophene rings is 1. The number of carbonyl (C=O) groups excluding carboxylic acids is 1. The van der Waals surface area contributed by atoms with Gasteiger partial charge in [0, 0.05) is 55.3 Å². The molecule has 1 amide bonds. The molecule has 0 spiro atoms. The van der Waals surface area contributed by atoms with Gasteiger partial charge in [0.15, 0.2) is 5.96 Å². The number of nitrogens with zero attached hydrogens (tertiary/aromatic N) is 3. The summed E-state index contributed by atoms with van der Waals surface area (Å²) in [4.78, 5) is 24.1. The van der Waals surface area contributed by atoms with Crippen LogP contribution in [0.2, 0.25) is 0 Å². The van der Waals surface area contributed by atoms with E-state index in [9.17, 15) is 4.79 Å². The highest BCUT2D eigenvalue weighted by Crippen LogP contribution is 2.27. The Kier molecular flexibility index (Phi) is 7.31. The van der Waals surface area contributed by atoms with Gasteiger partial charge in [0.2, 0.25) is 5.91 Å². The van der Waals surface area contributed by atoms with Crippen LogP contribution in [0, 0.1) is 5.92 Å². The summed E-state index contributed by atoms with van der Waals surface area (Å²) in [6, 6.07) is 8.25. The van der Waals surface area contributed by atoms with Gasteiger partial charge in [-0.2, -0.15) is 0 Å². The van der Waals surface area contributed by atoms with Crippen molar-refractivity contribution in [3.05, 3.63) is 46.3 Å². The molecule has 7 nitrogen and oxygen atoms in total. The monoisotopic (exact) mass is 428 g/mol. The van der Waals surface area contributed by atoms with Crippen molar-refractivity contribution in [2.75, 3.05) is 31.6 Å². The molecule has 3 heterocycles. The van der Waals surface area contributed by atoms with Crippen LogP contribution >= 0.6 is 11.3 Å². The Morgan fingerprint density at radius 2 is 2.20 bits per heavy atom. The maximum absolute atomic E-state index is 11.6. The van der Waals surface area contributed by atoms with E-state index in [1.54, 1.807) is 24.6 Å². The summed E-state index contributed by atoms with van der Waals surface area (Å²) in [5.41, 5.74) is 6.63. The van der Waals surface area contributed by atoms with E-state index in [0.29, 0.717) is 13.1 Å². The Hall–Kier alpha value is -2.61. The first-order valence-electron chi connectivity index (χ1n) is 10.4. The zero-order valence-electron chi connectivity index (χ0n) is 18.0. The summed E-state index contributed by atoms with van der Waals surface area (Å²) < 4.78 is 0. The maximum Gasteiger partial charge on any atom is 0.222 e. The van der Waals surface area contributed by atoms with Crippen molar-refractivity contribution in [1.82, 2.24) is 15.6 Å². The van der Waals surface area contributed by atoms with Gasteiger partial charge in [0.1, 0.15) is 5.82 Å². The van der Waals surface area contributed by atoms with Crippen molar-refractivity contribution >= 4 is 29.0 Å². The third-order valence-corrected chi connectivity index (χ3v) is 6.78. The van der Waals surface area contributed by atoms with Gasteiger partial charge in [-0.15, -0.1) is 11.3 Å². The van der Waals surface area contributed by atoms with Crippen LogP contribution in [0.5, 0.6) is 0 Å². The van der Waals surface area contributed by atoms with E-state index in [0.717, 1.165) is 43.3 Å². The lowest BCUT2D eigenvalue weighted by atomic mass is 9.91. The third kappa shape index (κ3) is 5.50. The van der Waals surface area contributed by atoms with Crippen LogP contribution in [0.4, 0.5) is 5.82 Å². The lowest BCUT2D eigenvalue weighted by Gasteiger charge is -2.33. The number of nitrogens with one attached hydrogen (secondary N) is 2. The fourth-order valence-electron chi connectivity index (χ4n) is 3.71. The molecule has 2 aromatic heterocycles. The molecular formula is C22H32N6OS. The number of pyridine rings is 1. The number of piperidine rings is 1. The van der Waals surface area contributed by atoms with Crippen molar-refractivity contribution in [3.8, 4) is 0 Å². The number of carbonyl (C=O) groups is 1. The maximum atomic E-state index is 11.6. The number of nitrogens with two attached hydrogens (primary N) is 1. The molecule has 0 bridgehead atoms. The number of aromatic nitrogens is 1. The van der Waals surface area contributed by atoms with Gasteiger partial charge in [-0.25, -0.2) is 4.98 Å². The van der Waals surface area contributed by atoms with Gasteiger partial charge in [0.25, 0.3) is 0 Å². The zero-order chi connectivity index (χ0) is 21.6. The minimum absolute atomic E-state index is 0.0167. The molecule has 0 aliphatic carbocycles. The first-order valence-corrected chi connectivity index (χ1v) is 11.3. The van der Waals surface area contributed by atoms with Crippen LogP contribution in [0.25, 0.3) is 0 Å². The molecule has 0 saturated carbocycles. The van der Waals surface area contributed by atoms with Crippen molar-refractivity contribution in [1.29, 1.82) is 0 Å². The van der Waals surface area contributed by atoms with E-state index in [4.69, 9.17) is 5.73 Å². The smallest absolute Gasteiger partial charge is 0.222 e. The van der Waals surface area contributed by atoms with Crippen molar-refractivity contribution in [2.45, 2.75) is 38.6 Å². The Balaban J connectivity index is 1.62. The predicted molar refractivity (Wildman–Crippen MR) is 124 cm³/mol. The number of primary amides is 1. The number of anilines is 1. The number of aliphatic imine (C=N–C) groups is 1. The van der Waals surface area contributed by atoms with Gasteiger partial charge >= 0.3 is 0 Å². The second kappa shape index (κ2) is 9.93. The molecule has 162 valence electrons. The summed E-state index contributed by atoms with van der Waals surface area (Å²) in [6.45, 7) is 7.34. The number of guanidine groups is 1. The van der Waals surface area contributed by atoms with E-state index in [-0.39, 0.29) is 17.2 Å². The Morgan fingerprint density at radius 1 is 1.37 bits per heavy atom. The number of amides is 1. The lowest BCUT2D eigenvalue weighted by Crippen LogP contribution is -2.44. The van der Waals surface area contributed by atoms with Crippen LogP contribution in [0.15, 0.2) is 40.8 Å². The molecule has 1 unspecified atom stereocenters. The minimum atomic E-state index is -0.228. The fourth-order valence-corrected chi connectivity index (χ4v) is 4.56. The summed E-state index contributed by atoms with van der Waals surface area (Å²) >= 11 is 1.77. The van der Waals surface area contributed by atoms with Gasteiger partial charge < -0.3 is 21.3 Å². The highest BCUT2D eigenvalue weighted by molar-refractivity contribution is 7.10. The van der Waals surface area contributed by atoms with Crippen LogP contribution in [-0.2, 0) is 16.8 Å². The van der Waals surface area contributed by atoms with Gasteiger partial charge in [-0.05, 0) is 30.4 Å². The van der Waals surface area contributed by atoms with Crippen molar-refractivity contribution in [3.63, 3.8) is 0 Å². The number of rotatable bonds is 7. The number of hydrogen-bond acceptors (Lipinski definition) is 5. The summed E-state index contributed by atoms with van der Waals surface area (Å²) in [5.74, 6) is 1.32. The largest absolute Gasteiger partial charge is 0.369 e. The second-order valence-electron chi connectivity index (χ2n) is 8.31. The second-order valence-corrected chi connectivity index (χ2v) is 9.26. The minimum Gasteiger partial charge on any atom is -0.369 e. The highest BCUT2D eigenvalue weighted by Gasteiger charge is 2.26. The van der Waals surface area contributed by atoms with E-state index in [1.165, 1.54) is 4.88 Å². The molecule has 1 aliphatic heterocycles. The third-order valence-electron chi connectivity index (χ3n) is 5.55. The first-order chi connectivity index (χ1) is 14.4. The van der Waals surface area contributed by atoms with Crippen molar-refractivity contribution in [2.24, 2.45) is 16.6 Å². The molecular weight excluding hydrogens is 396 g/mol. The van der Waals surface area contributed by atoms with Crippen LogP contribution in [0.1, 0.15) is 37.1 Å². The van der Waals surface area contributed by atoms with E-state index in [2.05, 4.69) is 62.9 Å². The Labute approximate surface area is 182 Å². The molecule has 8 heteroatoms. The standard InChI is InChI=1S/C22H32N6OS/c1-22(2,18-9-6-12-30-18)15-27-21(24-3)26-13-16-7-4-10-25-20(16)28-11-5-8-17(14-28)19(23)29/h4,6-7,9-10,12,17H,5,8,11,13-15H2,1-3H3,(H2,23,29)(H2,24,26,27). The normalized spacial score (nSPS) is 17.6. The molecule has 2 aromatic rings. The predicted octanol–water partition coefficient (Wildman–Crippen LogP) is 2.49. The van der Waals surface area contributed by atoms with E-state index < -0.39 is 0 Å².